The predicted octanol–water partition coefficient (Wildman–Crippen LogP) is 2.15. The van der Waals surface area contributed by atoms with E-state index in [1.165, 1.54) is 24.3 Å². The maximum absolute atomic E-state index is 12.8. The Labute approximate surface area is 140 Å². The van der Waals surface area contributed by atoms with Crippen LogP contribution in [0.4, 0.5) is 4.39 Å². The number of hydrogen-bond acceptors (Lipinski definition) is 4. The molecule has 2 N–H and O–H groups in total. The van der Waals surface area contributed by atoms with Crippen LogP contribution < -0.4 is 14.8 Å². The third-order valence-electron chi connectivity index (χ3n) is 3.19. The van der Waals surface area contributed by atoms with Crippen LogP contribution in [0.25, 0.3) is 0 Å². The quantitative estimate of drug-likeness (QED) is 0.777. The van der Waals surface area contributed by atoms with Crippen molar-refractivity contribution in [3.63, 3.8) is 0 Å². The molecule has 5 nitrogen and oxygen atoms in total. The topological polar surface area (TPSA) is 67.8 Å². The molecule has 0 aliphatic carbocycles. The molecule has 0 bridgehead atoms. The predicted molar refractivity (Wildman–Crippen MR) is 87.4 cm³/mol. The lowest BCUT2D eigenvalue weighted by atomic mass is 10.3. The van der Waals surface area contributed by atoms with Crippen molar-refractivity contribution in [3.05, 3.63) is 60.4 Å². The second-order valence-corrected chi connectivity index (χ2v) is 5.24. The number of benzene rings is 2. The smallest absolute Gasteiger partial charge is 0.260 e. The maximum atomic E-state index is 12.8. The molecule has 0 saturated heterocycles. The SMILES string of the molecule is C[C@H](Oc1ccccc1)C(=O)NC[C@H](O)COc1ccc(F)cc1. The Bertz CT molecular complexity index is 633. The number of para-hydroxylation sites is 1. The number of ether oxygens (including phenoxy) is 2. The Kier molecular flexibility index (Phi) is 6.57. The van der Waals surface area contributed by atoms with Crippen molar-refractivity contribution in [1.82, 2.24) is 5.32 Å². The molecule has 2 rings (SSSR count). The molecule has 0 spiro atoms. The Morgan fingerprint density at radius 1 is 1.12 bits per heavy atom. The maximum Gasteiger partial charge on any atom is 0.260 e. The highest BCUT2D eigenvalue weighted by molar-refractivity contribution is 5.80. The summed E-state index contributed by atoms with van der Waals surface area (Å²) < 4.78 is 23.6. The summed E-state index contributed by atoms with van der Waals surface area (Å²) in [5, 5.41) is 12.4. The zero-order valence-corrected chi connectivity index (χ0v) is 13.3. The first-order chi connectivity index (χ1) is 11.5. The highest BCUT2D eigenvalue weighted by Crippen LogP contribution is 2.12. The Balaban J connectivity index is 1.69. The molecule has 2 atom stereocenters. The van der Waals surface area contributed by atoms with Crippen LogP contribution in [0.5, 0.6) is 11.5 Å². The van der Waals surface area contributed by atoms with Gasteiger partial charge in [-0.05, 0) is 43.3 Å². The number of aliphatic hydroxyl groups excluding tert-OH is 1. The average Bonchev–Trinajstić information content (AvgIpc) is 2.60. The van der Waals surface area contributed by atoms with E-state index in [0.29, 0.717) is 11.5 Å². The standard InChI is InChI=1S/C18H20FNO4/c1-13(24-17-5-3-2-4-6-17)18(22)20-11-15(21)12-23-16-9-7-14(19)8-10-16/h2-10,13,15,21H,11-12H2,1H3,(H,20,22)/t13-,15-/m0/s1. The largest absolute Gasteiger partial charge is 0.491 e. The van der Waals surface area contributed by atoms with Crippen molar-refractivity contribution in [3.8, 4) is 11.5 Å². The van der Waals surface area contributed by atoms with Crippen molar-refractivity contribution in [2.75, 3.05) is 13.2 Å². The van der Waals surface area contributed by atoms with Gasteiger partial charge in [-0.25, -0.2) is 4.39 Å². The Morgan fingerprint density at radius 2 is 1.79 bits per heavy atom. The number of carbonyl (C=O) groups excluding carboxylic acids is 1. The molecule has 0 fully saturated rings. The molecule has 0 aliphatic heterocycles. The van der Waals surface area contributed by atoms with Gasteiger partial charge >= 0.3 is 0 Å². The van der Waals surface area contributed by atoms with Crippen LogP contribution in [-0.2, 0) is 4.79 Å². The van der Waals surface area contributed by atoms with Crippen LogP contribution >= 0.6 is 0 Å². The molecular weight excluding hydrogens is 313 g/mol. The minimum absolute atomic E-state index is 0.0141. The van der Waals surface area contributed by atoms with Crippen molar-refractivity contribution in [2.45, 2.75) is 19.1 Å². The molecule has 0 aromatic heterocycles. The fourth-order valence-corrected chi connectivity index (χ4v) is 1.90. The molecule has 128 valence electrons. The van der Waals surface area contributed by atoms with Gasteiger partial charge in [0, 0.05) is 6.54 Å². The lowest BCUT2D eigenvalue weighted by molar-refractivity contribution is -0.127. The van der Waals surface area contributed by atoms with E-state index in [2.05, 4.69) is 5.32 Å². The van der Waals surface area contributed by atoms with Crippen molar-refractivity contribution >= 4 is 5.91 Å². The molecule has 0 saturated carbocycles. The van der Waals surface area contributed by atoms with Gasteiger partial charge in [-0.1, -0.05) is 18.2 Å². The highest BCUT2D eigenvalue weighted by atomic mass is 19.1. The molecular formula is C18H20FNO4. The zero-order chi connectivity index (χ0) is 17.4. The van der Waals surface area contributed by atoms with Gasteiger partial charge in [0.15, 0.2) is 6.10 Å². The highest BCUT2D eigenvalue weighted by Gasteiger charge is 2.16. The van der Waals surface area contributed by atoms with E-state index in [9.17, 15) is 14.3 Å². The van der Waals surface area contributed by atoms with Gasteiger partial charge < -0.3 is 19.9 Å². The van der Waals surface area contributed by atoms with Crippen molar-refractivity contribution in [1.29, 1.82) is 0 Å². The molecule has 6 heteroatoms. The zero-order valence-electron chi connectivity index (χ0n) is 13.3. The molecule has 1 amide bonds. The average molecular weight is 333 g/mol. The van der Waals surface area contributed by atoms with E-state index in [1.807, 2.05) is 18.2 Å². The van der Waals surface area contributed by atoms with Crippen LogP contribution in [0.15, 0.2) is 54.6 Å². The van der Waals surface area contributed by atoms with Gasteiger partial charge in [0.05, 0.1) is 0 Å². The monoisotopic (exact) mass is 333 g/mol. The third kappa shape index (κ3) is 5.89. The summed E-state index contributed by atoms with van der Waals surface area (Å²) in [6, 6.07) is 14.5. The van der Waals surface area contributed by atoms with Crippen LogP contribution in [0.1, 0.15) is 6.92 Å². The van der Waals surface area contributed by atoms with Crippen LogP contribution in [0, 0.1) is 5.82 Å². The third-order valence-corrected chi connectivity index (χ3v) is 3.19. The number of nitrogens with one attached hydrogen (secondary N) is 1. The summed E-state index contributed by atoms with van der Waals surface area (Å²) in [4.78, 5) is 11.9. The van der Waals surface area contributed by atoms with E-state index in [1.54, 1.807) is 19.1 Å². The Morgan fingerprint density at radius 3 is 2.46 bits per heavy atom. The minimum atomic E-state index is -0.886. The second-order valence-electron chi connectivity index (χ2n) is 5.24. The summed E-state index contributed by atoms with van der Waals surface area (Å²) >= 11 is 0. The first-order valence-electron chi connectivity index (χ1n) is 7.60. The summed E-state index contributed by atoms with van der Waals surface area (Å²) in [5.41, 5.74) is 0. The van der Waals surface area contributed by atoms with Crippen LogP contribution in [0.3, 0.4) is 0 Å². The Hall–Kier alpha value is -2.60. The minimum Gasteiger partial charge on any atom is -0.491 e. The van der Waals surface area contributed by atoms with Crippen LogP contribution in [-0.4, -0.2) is 36.4 Å². The molecule has 24 heavy (non-hydrogen) atoms. The number of rotatable bonds is 8. The van der Waals surface area contributed by atoms with Gasteiger partial charge in [0.2, 0.25) is 0 Å². The normalized spacial score (nSPS) is 13.0. The van der Waals surface area contributed by atoms with Crippen molar-refractivity contribution in [2.24, 2.45) is 0 Å². The van der Waals surface area contributed by atoms with Gasteiger partial charge in [0.1, 0.15) is 30.0 Å². The molecule has 0 aliphatic rings. The molecule has 2 aromatic carbocycles. The molecule has 0 radical (unpaired) electrons. The summed E-state index contributed by atoms with van der Waals surface area (Å²) in [5.74, 6) is 0.352. The first-order valence-corrected chi connectivity index (χ1v) is 7.60. The summed E-state index contributed by atoms with van der Waals surface area (Å²) in [6.45, 7) is 1.64. The lowest BCUT2D eigenvalue weighted by Crippen LogP contribution is -2.41. The first kappa shape index (κ1) is 17.7. The number of amides is 1. The number of halogens is 1. The molecule has 2 aromatic rings. The molecule has 0 heterocycles. The fraction of sp³-hybridized carbons (Fsp3) is 0.278. The lowest BCUT2D eigenvalue weighted by Gasteiger charge is -2.17. The number of aliphatic hydroxyl groups is 1. The van der Waals surface area contributed by atoms with Gasteiger partial charge in [-0.2, -0.15) is 0 Å². The van der Waals surface area contributed by atoms with E-state index in [-0.39, 0.29) is 24.9 Å². The van der Waals surface area contributed by atoms with Crippen molar-refractivity contribution < 1.29 is 23.8 Å². The van der Waals surface area contributed by atoms with E-state index in [0.717, 1.165) is 0 Å². The van der Waals surface area contributed by atoms with E-state index in [4.69, 9.17) is 9.47 Å². The van der Waals surface area contributed by atoms with Gasteiger partial charge in [-0.15, -0.1) is 0 Å². The van der Waals surface area contributed by atoms with E-state index < -0.39 is 12.2 Å². The van der Waals surface area contributed by atoms with Gasteiger partial charge in [0.25, 0.3) is 5.91 Å². The number of carbonyl (C=O) groups is 1. The molecule has 0 unspecified atom stereocenters. The van der Waals surface area contributed by atoms with Crippen LogP contribution in [0.2, 0.25) is 0 Å². The summed E-state index contributed by atoms with van der Waals surface area (Å²) in [7, 11) is 0. The second kappa shape index (κ2) is 8.88. The van der Waals surface area contributed by atoms with Gasteiger partial charge in [-0.3, -0.25) is 4.79 Å². The van der Waals surface area contributed by atoms with E-state index >= 15 is 0 Å². The number of hydrogen-bond donors (Lipinski definition) is 2. The summed E-state index contributed by atoms with van der Waals surface area (Å²) in [6.07, 6.45) is -1.57. The fourth-order valence-electron chi connectivity index (χ4n) is 1.90.